The lowest BCUT2D eigenvalue weighted by atomic mass is 10.1. The third-order valence-corrected chi connectivity index (χ3v) is 4.57. The number of esters is 1. The average Bonchev–Trinajstić information content (AvgIpc) is 2.54. The Balaban J connectivity index is 0. The fourth-order valence-corrected chi connectivity index (χ4v) is 2.33. The van der Waals surface area contributed by atoms with Crippen LogP contribution in [0.15, 0.2) is 12.7 Å². The summed E-state index contributed by atoms with van der Waals surface area (Å²) < 4.78 is 140. The van der Waals surface area contributed by atoms with Crippen molar-refractivity contribution < 1.29 is 57.5 Å². The van der Waals surface area contributed by atoms with E-state index in [0.717, 1.165) is 0 Å². The van der Waals surface area contributed by atoms with Crippen LogP contribution in [0.25, 0.3) is 0 Å². The van der Waals surface area contributed by atoms with E-state index in [-0.39, 0.29) is 7.05 Å². The van der Waals surface area contributed by atoms with E-state index < -0.39 is 56.7 Å². The summed E-state index contributed by atoms with van der Waals surface area (Å²) in [7, 11) is -6.50. The van der Waals surface area contributed by atoms with Crippen LogP contribution in [0.1, 0.15) is 13.8 Å². The summed E-state index contributed by atoms with van der Waals surface area (Å²) in [6.45, 7) is 4.69. The van der Waals surface area contributed by atoms with Crippen LogP contribution in [0.3, 0.4) is 0 Å². The zero-order valence-electron chi connectivity index (χ0n) is 14.1. The first-order valence-corrected chi connectivity index (χ1v) is 8.27. The van der Waals surface area contributed by atoms with Gasteiger partial charge in [0.25, 0.3) is 10.0 Å². The van der Waals surface area contributed by atoms with Crippen LogP contribution in [-0.4, -0.2) is 62.2 Å². The summed E-state index contributed by atoms with van der Waals surface area (Å²) in [4.78, 5) is 10.6. The summed E-state index contributed by atoms with van der Waals surface area (Å²) >= 11 is 0. The lowest BCUT2D eigenvalue weighted by Gasteiger charge is -2.34. The van der Waals surface area contributed by atoms with Gasteiger partial charge in [0, 0.05) is 19.7 Å². The number of likely N-dealkylation sites (N-methyl/N-ethyl adjacent to an activating group) is 1. The SMILES string of the molecule is C=CC(=O)OCCN(C)S(=O)(=O)C(F)(F)C(F)(F)C(F)(F)C(F)(F)F.CC. The van der Waals surface area contributed by atoms with Crippen LogP contribution < -0.4 is 0 Å². The van der Waals surface area contributed by atoms with Gasteiger partial charge in [-0.25, -0.2) is 13.2 Å². The van der Waals surface area contributed by atoms with Crippen molar-refractivity contribution in [3.63, 3.8) is 0 Å². The number of nitrogens with zero attached hydrogens (tertiary/aromatic N) is 1. The number of sulfonamides is 1. The van der Waals surface area contributed by atoms with Crippen LogP contribution in [0.5, 0.6) is 0 Å². The Morgan fingerprint density at radius 1 is 1.00 bits per heavy atom. The molecule has 15 heteroatoms. The van der Waals surface area contributed by atoms with Gasteiger partial charge < -0.3 is 4.74 Å². The molecule has 5 nitrogen and oxygen atoms in total. The minimum Gasteiger partial charge on any atom is -0.461 e. The van der Waals surface area contributed by atoms with E-state index in [1.807, 2.05) is 13.8 Å². The summed E-state index contributed by atoms with van der Waals surface area (Å²) in [5.74, 6) is -15.8. The molecule has 0 bridgehead atoms. The van der Waals surface area contributed by atoms with E-state index in [9.17, 15) is 52.7 Å². The molecule has 0 heterocycles. The standard InChI is InChI=1S/C10H10F9NO4S.C2H6/c1-3-6(21)24-5-4-20(2)25(22,23)10(18,19)8(13,14)7(11,12)9(15,16)17;1-2/h3H,1,4-5H2,2H3;1-2H3. The van der Waals surface area contributed by atoms with Gasteiger partial charge in [0.05, 0.1) is 0 Å². The Morgan fingerprint density at radius 3 is 1.74 bits per heavy atom. The molecule has 0 aliphatic carbocycles. The van der Waals surface area contributed by atoms with Gasteiger partial charge in [0.15, 0.2) is 0 Å². The highest BCUT2D eigenvalue weighted by Gasteiger charge is 2.85. The van der Waals surface area contributed by atoms with Crippen LogP contribution >= 0.6 is 0 Å². The molecule has 0 amide bonds. The molecule has 0 aromatic heterocycles. The number of hydrogen-bond acceptors (Lipinski definition) is 4. The van der Waals surface area contributed by atoms with E-state index in [1.54, 1.807) is 0 Å². The van der Waals surface area contributed by atoms with Gasteiger partial charge in [0.2, 0.25) is 0 Å². The topological polar surface area (TPSA) is 63.7 Å². The molecule has 0 radical (unpaired) electrons. The normalized spacial score (nSPS) is 13.7. The summed E-state index contributed by atoms with van der Waals surface area (Å²) in [6.07, 6.45) is -6.57. The number of rotatable bonds is 8. The fraction of sp³-hybridized carbons (Fsp3) is 0.750. The predicted molar refractivity (Wildman–Crippen MR) is 74.9 cm³/mol. The molecule has 0 unspecified atom stereocenters. The predicted octanol–water partition coefficient (Wildman–Crippen LogP) is 3.43. The maximum Gasteiger partial charge on any atom is 0.460 e. The molecule has 0 N–H and O–H groups in total. The molecule has 0 saturated carbocycles. The molecule has 0 spiro atoms. The quantitative estimate of drug-likeness (QED) is 0.329. The summed E-state index contributed by atoms with van der Waals surface area (Å²) in [6, 6.07) is 0. The second-order valence-corrected chi connectivity index (χ2v) is 6.45. The zero-order valence-corrected chi connectivity index (χ0v) is 14.9. The van der Waals surface area contributed by atoms with Crippen LogP contribution in [0.2, 0.25) is 0 Å². The minimum atomic E-state index is -7.34. The van der Waals surface area contributed by atoms with Crippen molar-refractivity contribution in [1.29, 1.82) is 0 Å². The van der Waals surface area contributed by atoms with Crippen molar-refractivity contribution >= 4 is 16.0 Å². The lowest BCUT2D eigenvalue weighted by molar-refractivity contribution is -0.382. The smallest absolute Gasteiger partial charge is 0.460 e. The molecule has 0 atom stereocenters. The Hall–Kier alpha value is -1.51. The number of halogens is 9. The van der Waals surface area contributed by atoms with Gasteiger partial charge in [-0.1, -0.05) is 20.4 Å². The van der Waals surface area contributed by atoms with Crippen LogP contribution in [0.4, 0.5) is 39.5 Å². The van der Waals surface area contributed by atoms with Crippen molar-refractivity contribution in [2.75, 3.05) is 20.2 Å². The van der Waals surface area contributed by atoms with E-state index in [0.29, 0.717) is 6.08 Å². The molecule has 0 aromatic carbocycles. The van der Waals surface area contributed by atoms with Gasteiger partial charge >= 0.3 is 29.2 Å². The fourth-order valence-electron chi connectivity index (χ4n) is 1.17. The number of ether oxygens (including phenoxy) is 1. The second-order valence-electron chi connectivity index (χ2n) is 4.36. The van der Waals surface area contributed by atoms with Gasteiger partial charge in [-0.3, -0.25) is 0 Å². The molecule has 0 fully saturated rings. The number of alkyl halides is 9. The molecule has 0 aromatic rings. The van der Waals surface area contributed by atoms with E-state index in [4.69, 9.17) is 0 Å². The molecular formula is C12H16F9NO4S. The molecule has 0 aliphatic heterocycles. The first kappa shape index (κ1) is 27.7. The first-order valence-electron chi connectivity index (χ1n) is 6.83. The maximum atomic E-state index is 13.4. The molecule has 162 valence electrons. The molecular weight excluding hydrogens is 425 g/mol. The van der Waals surface area contributed by atoms with E-state index in [1.165, 1.54) is 0 Å². The minimum absolute atomic E-state index is 0.187. The van der Waals surface area contributed by atoms with Gasteiger partial charge in [-0.2, -0.15) is 43.8 Å². The Kier molecular flexibility index (Phi) is 9.36. The largest absolute Gasteiger partial charge is 0.461 e. The first-order chi connectivity index (χ1) is 11.9. The average molecular weight is 441 g/mol. The molecule has 0 rings (SSSR count). The monoisotopic (exact) mass is 441 g/mol. The summed E-state index contributed by atoms with van der Waals surface area (Å²) in [5.41, 5.74) is 0. The number of carbonyl (C=O) groups is 1. The number of carbonyl (C=O) groups excluding carboxylic acids is 1. The zero-order chi connectivity index (χ0) is 22.5. The van der Waals surface area contributed by atoms with Gasteiger partial charge in [-0.05, 0) is 0 Å². The lowest BCUT2D eigenvalue weighted by Crippen LogP contribution is -2.65. The highest BCUT2D eigenvalue weighted by Crippen LogP contribution is 2.55. The molecule has 27 heavy (non-hydrogen) atoms. The van der Waals surface area contributed by atoms with Gasteiger partial charge in [-0.15, -0.1) is 0 Å². The van der Waals surface area contributed by atoms with Gasteiger partial charge in [0.1, 0.15) is 6.61 Å². The Bertz CT molecular complexity index is 617. The van der Waals surface area contributed by atoms with Crippen LogP contribution in [-0.2, 0) is 19.6 Å². The van der Waals surface area contributed by atoms with Crippen LogP contribution in [0, 0.1) is 0 Å². The van der Waals surface area contributed by atoms with Crippen molar-refractivity contribution in [2.45, 2.75) is 37.1 Å². The number of hydrogen-bond donors (Lipinski definition) is 0. The third-order valence-electron chi connectivity index (χ3n) is 2.67. The maximum absolute atomic E-state index is 13.4. The van der Waals surface area contributed by atoms with Crippen molar-refractivity contribution in [1.82, 2.24) is 4.31 Å². The van der Waals surface area contributed by atoms with Crippen molar-refractivity contribution in [3.8, 4) is 0 Å². The second kappa shape index (κ2) is 9.12. The highest BCUT2D eigenvalue weighted by molar-refractivity contribution is 7.90. The molecule has 0 saturated heterocycles. The van der Waals surface area contributed by atoms with Crippen molar-refractivity contribution in [3.05, 3.63) is 12.7 Å². The Labute approximate surface area is 148 Å². The van der Waals surface area contributed by atoms with E-state index >= 15 is 0 Å². The highest BCUT2D eigenvalue weighted by atomic mass is 32.2. The summed E-state index contributed by atoms with van der Waals surface area (Å²) in [5, 5.41) is -6.82. The van der Waals surface area contributed by atoms with E-state index in [2.05, 4.69) is 11.3 Å². The Morgan fingerprint density at radius 2 is 1.41 bits per heavy atom. The molecule has 0 aliphatic rings. The van der Waals surface area contributed by atoms with Crippen molar-refractivity contribution in [2.24, 2.45) is 0 Å². The third kappa shape index (κ3) is 5.27.